The number of rotatable bonds is 4. The van der Waals surface area contributed by atoms with E-state index >= 15 is 0 Å². The molecule has 0 amide bonds. The molecule has 0 bridgehead atoms. The van der Waals surface area contributed by atoms with Crippen LogP contribution >= 0.6 is 0 Å². The van der Waals surface area contributed by atoms with Crippen LogP contribution in [0.1, 0.15) is 15.9 Å². The first-order valence-corrected chi connectivity index (χ1v) is 10.7. The second-order valence-corrected chi connectivity index (χ2v) is 8.19. The van der Waals surface area contributed by atoms with Crippen molar-refractivity contribution < 1.29 is 4.79 Å². The van der Waals surface area contributed by atoms with Crippen molar-refractivity contribution in [3.05, 3.63) is 95.7 Å². The molecule has 5 nitrogen and oxygen atoms in total. The van der Waals surface area contributed by atoms with Gasteiger partial charge in [-0.25, -0.2) is 0 Å². The van der Waals surface area contributed by atoms with Crippen LogP contribution in [0.3, 0.4) is 0 Å². The molecule has 0 N–H and O–H groups in total. The summed E-state index contributed by atoms with van der Waals surface area (Å²) in [4.78, 5) is 23.2. The van der Waals surface area contributed by atoms with Crippen LogP contribution in [-0.4, -0.2) is 61.2 Å². The molecule has 1 atom stereocenters. The summed E-state index contributed by atoms with van der Waals surface area (Å²) in [6.45, 7) is 4.20. The van der Waals surface area contributed by atoms with Gasteiger partial charge >= 0.3 is 0 Å². The highest BCUT2D eigenvalue weighted by molar-refractivity contribution is 6.17. The fraction of sp³-hybridized carbons (Fsp3) is 0.231. The first kappa shape index (κ1) is 19.7. The van der Waals surface area contributed by atoms with E-state index in [1.165, 1.54) is 0 Å². The average Bonchev–Trinajstić information content (AvgIpc) is 2.84. The molecule has 3 aliphatic rings. The van der Waals surface area contributed by atoms with E-state index in [-0.39, 0.29) is 6.17 Å². The van der Waals surface area contributed by atoms with Crippen molar-refractivity contribution in [1.29, 1.82) is 0 Å². The number of carbonyl (C=O) groups excluding carboxylic acids is 1. The molecule has 2 aromatic rings. The molecule has 5 heteroatoms. The van der Waals surface area contributed by atoms with Gasteiger partial charge in [0.25, 0.3) is 0 Å². The number of likely N-dealkylation sites (N-methyl/N-ethyl adjacent to an activating group) is 1. The highest BCUT2D eigenvalue weighted by atomic mass is 16.1. The Kier molecular flexibility index (Phi) is 5.37. The lowest BCUT2D eigenvalue weighted by molar-refractivity contribution is 0.112. The molecule has 0 spiro atoms. The maximum atomic E-state index is 11.1. The zero-order valence-electron chi connectivity index (χ0n) is 17.7. The van der Waals surface area contributed by atoms with Crippen molar-refractivity contribution in [2.45, 2.75) is 6.17 Å². The molecular weight excluding hydrogens is 384 g/mol. The lowest BCUT2D eigenvalue weighted by Gasteiger charge is -2.37. The summed E-state index contributed by atoms with van der Waals surface area (Å²) < 4.78 is 0. The van der Waals surface area contributed by atoms with Crippen molar-refractivity contribution in [3.63, 3.8) is 0 Å². The van der Waals surface area contributed by atoms with Crippen molar-refractivity contribution in [2.24, 2.45) is 4.99 Å². The molecule has 0 radical (unpaired) electrons. The Morgan fingerprint density at radius 2 is 1.71 bits per heavy atom. The largest absolute Gasteiger partial charge is 0.316 e. The second-order valence-electron chi connectivity index (χ2n) is 8.19. The molecule has 5 rings (SSSR count). The molecule has 2 aromatic carbocycles. The lowest BCUT2D eigenvalue weighted by atomic mass is 9.98. The van der Waals surface area contributed by atoms with E-state index in [4.69, 9.17) is 4.99 Å². The van der Waals surface area contributed by atoms with Crippen LogP contribution in [0.5, 0.6) is 0 Å². The van der Waals surface area contributed by atoms with E-state index in [1.807, 2.05) is 42.5 Å². The Morgan fingerprint density at radius 1 is 0.968 bits per heavy atom. The topological polar surface area (TPSA) is 39.1 Å². The number of nitrogens with zero attached hydrogens (tertiary/aromatic N) is 4. The molecule has 1 fully saturated rings. The molecule has 0 saturated carbocycles. The first-order valence-electron chi connectivity index (χ1n) is 10.7. The van der Waals surface area contributed by atoms with Gasteiger partial charge in [0.15, 0.2) is 0 Å². The Bertz CT molecular complexity index is 1070. The molecule has 0 aromatic heterocycles. The number of aldehydes is 1. The molecule has 0 aliphatic carbocycles. The van der Waals surface area contributed by atoms with Crippen LogP contribution in [0.2, 0.25) is 0 Å². The number of hydrogen-bond acceptors (Lipinski definition) is 5. The Hall–Kier alpha value is -3.28. The number of dihydropyridines is 1. The summed E-state index contributed by atoms with van der Waals surface area (Å²) in [5.41, 5.74) is 6.00. The number of para-hydroxylation sites is 1. The van der Waals surface area contributed by atoms with Crippen LogP contribution < -0.4 is 4.90 Å². The number of fused-ring (bicyclic) bond motifs is 1. The quantitative estimate of drug-likeness (QED) is 0.719. The lowest BCUT2D eigenvalue weighted by Crippen LogP contribution is -2.48. The van der Waals surface area contributed by atoms with Gasteiger partial charge in [-0.05, 0) is 36.9 Å². The Balaban J connectivity index is 1.52. The normalized spacial score (nSPS) is 21.8. The predicted octanol–water partition coefficient (Wildman–Crippen LogP) is 3.83. The van der Waals surface area contributed by atoms with Gasteiger partial charge in [-0.15, -0.1) is 0 Å². The fourth-order valence-corrected chi connectivity index (χ4v) is 4.22. The minimum Gasteiger partial charge on any atom is -0.316 e. The summed E-state index contributed by atoms with van der Waals surface area (Å²) in [6, 6.07) is 18.1. The molecule has 1 saturated heterocycles. The molecule has 3 heterocycles. The number of carbonyl (C=O) groups is 1. The van der Waals surface area contributed by atoms with Gasteiger partial charge in [0.1, 0.15) is 12.5 Å². The zero-order chi connectivity index (χ0) is 21.2. The van der Waals surface area contributed by atoms with E-state index in [0.29, 0.717) is 5.56 Å². The molecule has 3 aliphatic heterocycles. The zero-order valence-corrected chi connectivity index (χ0v) is 17.7. The molecule has 31 heavy (non-hydrogen) atoms. The van der Waals surface area contributed by atoms with Gasteiger partial charge in [-0.1, -0.05) is 48.5 Å². The highest BCUT2D eigenvalue weighted by Gasteiger charge is 2.26. The van der Waals surface area contributed by atoms with Crippen molar-refractivity contribution >= 4 is 23.4 Å². The third-order valence-electron chi connectivity index (χ3n) is 6.11. The average molecular weight is 411 g/mol. The molecule has 1 unspecified atom stereocenters. The van der Waals surface area contributed by atoms with Crippen LogP contribution in [0.25, 0.3) is 5.70 Å². The predicted molar refractivity (Wildman–Crippen MR) is 126 cm³/mol. The summed E-state index contributed by atoms with van der Waals surface area (Å²) in [7, 11) is 2.17. The number of aliphatic imine (C=N–C) groups is 1. The van der Waals surface area contributed by atoms with Gasteiger partial charge in [0, 0.05) is 49.2 Å². The summed E-state index contributed by atoms with van der Waals surface area (Å²) >= 11 is 0. The van der Waals surface area contributed by atoms with Crippen molar-refractivity contribution in [1.82, 2.24) is 9.80 Å². The number of piperazine rings is 1. The minimum atomic E-state index is 0.0825. The second kappa shape index (κ2) is 8.46. The van der Waals surface area contributed by atoms with Crippen molar-refractivity contribution in [2.75, 3.05) is 38.1 Å². The number of allylic oxidation sites excluding steroid dienone is 3. The third-order valence-corrected chi connectivity index (χ3v) is 6.11. The first-order chi connectivity index (χ1) is 15.2. The van der Waals surface area contributed by atoms with Crippen LogP contribution in [0.15, 0.2) is 89.6 Å². The Morgan fingerprint density at radius 3 is 2.42 bits per heavy atom. The van der Waals surface area contributed by atoms with Gasteiger partial charge in [0.2, 0.25) is 0 Å². The summed E-state index contributed by atoms with van der Waals surface area (Å²) in [5.74, 6) is 0. The number of anilines is 1. The van der Waals surface area contributed by atoms with E-state index in [2.05, 4.69) is 58.3 Å². The monoisotopic (exact) mass is 410 g/mol. The summed E-state index contributed by atoms with van der Waals surface area (Å²) in [5, 5.41) is 0. The van der Waals surface area contributed by atoms with Crippen LogP contribution in [-0.2, 0) is 0 Å². The third kappa shape index (κ3) is 4.02. The van der Waals surface area contributed by atoms with Crippen LogP contribution in [0, 0.1) is 0 Å². The van der Waals surface area contributed by atoms with Crippen molar-refractivity contribution in [3.8, 4) is 0 Å². The SMILES string of the molecule is CN1CCN(C2C=CC3=CN(c4ccccc4)C(c4ccc(C=O)cc4)=CC3=N2)CC1. The Labute approximate surface area is 183 Å². The van der Waals surface area contributed by atoms with Gasteiger partial charge in [0.05, 0.1) is 11.4 Å². The van der Waals surface area contributed by atoms with E-state index < -0.39 is 0 Å². The smallest absolute Gasteiger partial charge is 0.150 e. The minimum absolute atomic E-state index is 0.0825. The maximum absolute atomic E-state index is 11.1. The summed E-state index contributed by atoms with van der Waals surface area (Å²) in [6.07, 6.45) is 9.70. The maximum Gasteiger partial charge on any atom is 0.150 e. The highest BCUT2D eigenvalue weighted by Crippen LogP contribution is 2.33. The molecule has 156 valence electrons. The fourth-order valence-electron chi connectivity index (χ4n) is 4.22. The van der Waals surface area contributed by atoms with Gasteiger partial charge in [-0.3, -0.25) is 14.7 Å². The van der Waals surface area contributed by atoms with E-state index in [0.717, 1.165) is 60.7 Å². The van der Waals surface area contributed by atoms with Crippen LogP contribution in [0.4, 0.5) is 5.69 Å². The standard InChI is InChI=1S/C26H26N4O/c1-28-13-15-29(16-14-28)26-12-11-22-18-30(23-5-3-2-4-6-23)25(17-24(22)27-26)21-9-7-20(19-31)8-10-21/h2-12,17-19,26H,13-16H2,1H3. The molecular formula is C26H26N4O. The number of benzene rings is 2. The van der Waals surface area contributed by atoms with E-state index in [9.17, 15) is 4.79 Å². The van der Waals surface area contributed by atoms with Gasteiger partial charge < -0.3 is 9.80 Å². The number of hydrogen-bond donors (Lipinski definition) is 0. The van der Waals surface area contributed by atoms with E-state index in [1.54, 1.807) is 0 Å². The van der Waals surface area contributed by atoms with Gasteiger partial charge in [-0.2, -0.15) is 0 Å².